The molecule has 1 unspecified atom stereocenters. The van der Waals surface area contributed by atoms with Crippen molar-refractivity contribution in [1.82, 2.24) is 15.3 Å². The molecule has 110 valence electrons. The van der Waals surface area contributed by atoms with Gasteiger partial charge in [-0.1, -0.05) is 18.2 Å². The number of hydrogen-bond acceptors (Lipinski definition) is 4. The van der Waals surface area contributed by atoms with Gasteiger partial charge in [-0.3, -0.25) is 9.71 Å². The van der Waals surface area contributed by atoms with Gasteiger partial charge in [-0.15, -0.1) is 0 Å². The van der Waals surface area contributed by atoms with Gasteiger partial charge < -0.3 is 5.32 Å². The largest absolute Gasteiger partial charge is 0.317 e. The monoisotopic (exact) mass is 302 g/mol. The van der Waals surface area contributed by atoms with Gasteiger partial charge in [0.15, 0.2) is 16.8 Å². The van der Waals surface area contributed by atoms with Crippen LogP contribution in [0.5, 0.6) is 0 Å². The highest BCUT2D eigenvalue weighted by molar-refractivity contribution is 7.86. The highest BCUT2D eigenvalue weighted by Gasteiger charge is 2.17. The predicted molar refractivity (Wildman–Crippen MR) is 83.3 cm³/mol. The lowest BCUT2D eigenvalue weighted by Crippen LogP contribution is -2.27. The van der Waals surface area contributed by atoms with Crippen molar-refractivity contribution in [2.45, 2.75) is 23.7 Å². The van der Waals surface area contributed by atoms with Crippen molar-refractivity contribution < 1.29 is 4.21 Å². The molecular formula is C15H18N4OS. The maximum atomic E-state index is 12.2. The van der Waals surface area contributed by atoms with Crippen molar-refractivity contribution in [3.63, 3.8) is 0 Å². The molecule has 3 rings (SSSR count). The number of anilines is 1. The fraction of sp³-hybridized carbons (Fsp3) is 0.333. The zero-order valence-electron chi connectivity index (χ0n) is 11.7. The Morgan fingerprint density at radius 3 is 2.67 bits per heavy atom. The first kappa shape index (κ1) is 14.2. The molecule has 0 aliphatic carbocycles. The highest BCUT2D eigenvalue weighted by Crippen LogP contribution is 2.23. The molecule has 21 heavy (non-hydrogen) atoms. The average Bonchev–Trinajstić information content (AvgIpc) is 2.57. The molecule has 2 aromatic rings. The van der Waals surface area contributed by atoms with Gasteiger partial charge in [-0.25, -0.2) is 9.19 Å². The fourth-order valence-corrected chi connectivity index (χ4v) is 3.25. The topological polar surface area (TPSA) is 66.9 Å². The zero-order valence-corrected chi connectivity index (χ0v) is 12.5. The Morgan fingerprint density at radius 2 is 1.90 bits per heavy atom. The Bertz CT molecular complexity index is 614. The summed E-state index contributed by atoms with van der Waals surface area (Å²) in [5.41, 5.74) is 0.978. The Morgan fingerprint density at radius 1 is 1.14 bits per heavy atom. The molecule has 0 saturated carbocycles. The lowest BCUT2D eigenvalue weighted by Gasteiger charge is -2.22. The standard InChI is InChI=1S/C15H18N4OS/c20-21(13-4-2-1-3-5-13)19-15-11-17-10-14(18-15)12-6-8-16-9-7-12/h1-5,10-12,16H,6-9H2,(H,18,19). The molecule has 1 aromatic heterocycles. The van der Waals surface area contributed by atoms with Gasteiger partial charge in [0.05, 0.1) is 16.8 Å². The Kier molecular flexibility index (Phi) is 4.57. The summed E-state index contributed by atoms with van der Waals surface area (Å²) in [6.07, 6.45) is 5.57. The minimum Gasteiger partial charge on any atom is -0.317 e. The van der Waals surface area contributed by atoms with Crippen LogP contribution < -0.4 is 10.0 Å². The molecule has 1 aliphatic rings. The van der Waals surface area contributed by atoms with Gasteiger partial charge in [0.25, 0.3) is 0 Å². The summed E-state index contributed by atoms with van der Waals surface area (Å²) in [6.45, 7) is 2.03. The van der Waals surface area contributed by atoms with E-state index in [0.29, 0.717) is 11.7 Å². The van der Waals surface area contributed by atoms with Crippen LogP contribution in [-0.2, 0) is 11.0 Å². The minimum atomic E-state index is -1.31. The third-order valence-corrected chi connectivity index (χ3v) is 4.66. The molecule has 1 aromatic carbocycles. The second-order valence-electron chi connectivity index (χ2n) is 5.04. The van der Waals surface area contributed by atoms with Crippen molar-refractivity contribution >= 4 is 16.8 Å². The molecule has 6 heteroatoms. The van der Waals surface area contributed by atoms with E-state index in [0.717, 1.165) is 36.5 Å². The lowest BCUT2D eigenvalue weighted by molar-refractivity contribution is 0.452. The predicted octanol–water partition coefficient (Wildman–Crippen LogP) is 2.08. The summed E-state index contributed by atoms with van der Waals surface area (Å²) in [5, 5.41) is 3.34. The molecular weight excluding hydrogens is 284 g/mol. The third-order valence-electron chi connectivity index (χ3n) is 3.57. The van der Waals surface area contributed by atoms with Gasteiger partial charge >= 0.3 is 0 Å². The van der Waals surface area contributed by atoms with Crippen molar-refractivity contribution in [2.24, 2.45) is 0 Å². The number of piperidine rings is 1. The Balaban J connectivity index is 1.72. The van der Waals surface area contributed by atoms with E-state index in [2.05, 4.69) is 20.0 Å². The molecule has 2 heterocycles. The minimum absolute atomic E-state index is 0.436. The quantitative estimate of drug-likeness (QED) is 0.907. The molecule has 5 nitrogen and oxygen atoms in total. The molecule has 0 amide bonds. The normalized spacial score (nSPS) is 17.3. The van der Waals surface area contributed by atoms with Crippen molar-refractivity contribution in [3.8, 4) is 0 Å². The zero-order chi connectivity index (χ0) is 14.5. The number of nitrogens with zero attached hydrogens (tertiary/aromatic N) is 2. The summed E-state index contributed by atoms with van der Waals surface area (Å²) in [6, 6.07) is 9.29. The fourth-order valence-electron chi connectivity index (χ4n) is 2.44. The SMILES string of the molecule is O=S(Nc1cncc(C2CCNCC2)n1)c1ccccc1. The van der Waals surface area contributed by atoms with Gasteiger partial charge in [-0.05, 0) is 38.1 Å². The van der Waals surface area contributed by atoms with Crippen LogP contribution in [0.4, 0.5) is 5.82 Å². The van der Waals surface area contributed by atoms with E-state index < -0.39 is 11.0 Å². The number of benzene rings is 1. The van der Waals surface area contributed by atoms with Crippen LogP contribution in [0.3, 0.4) is 0 Å². The second kappa shape index (κ2) is 6.78. The first-order valence-electron chi connectivity index (χ1n) is 7.09. The van der Waals surface area contributed by atoms with Crippen LogP contribution in [0.1, 0.15) is 24.5 Å². The van der Waals surface area contributed by atoms with Crippen LogP contribution >= 0.6 is 0 Å². The van der Waals surface area contributed by atoms with Crippen molar-refractivity contribution in [2.75, 3.05) is 17.8 Å². The van der Waals surface area contributed by atoms with E-state index in [1.807, 2.05) is 36.5 Å². The lowest BCUT2D eigenvalue weighted by atomic mass is 9.95. The third kappa shape index (κ3) is 3.65. The summed E-state index contributed by atoms with van der Waals surface area (Å²) >= 11 is 0. The summed E-state index contributed by atoms with van der Waals surface area (Å²) in [4.78, 5) is 9.52. The van der Waals surface area contributed by atoms with Gasteiger partial charge in [0.2, 0.25) is 0 Å². The first-order valence-corrected chi connectivity index (χ1v) is 8.24. The number of nitrogens with one attached hydrogen (secondary N) is 2. The Hall–Kier alpha value is -1.79. The highest BCUT2D eigenvalue weighted by atomic mass is 32.2. The molecule has 0 bridgehead atoms. The molecule has 1 aliphatic heterocycles. The maximum absolute atomic E-state index is 12.2. The van der Waals surface area contributed by atoms with Gasteiger partial charge in [-0.2, -0.15) is 0 Å². The molecule has 1 saturated heterocycles. The maximum Gasteiger partial charge on any atom is 0.156 e. The van der Waals surface area contributed by atoms with Crippen LogP contribution in [0.2, 0.25) is 0 Å². The molecule has 1 atom stereocenters. The van der Waals surface area contributed by atoms with E-state index in [1.165, 1.54) is 0 Å². The summed E-state index contributed by atoms with van der Waals surface area (Å²) in [5.74, 6) is 0.999. The van der Waals surface area contributed by atoms with Crippen LogP contribution in [0, 0.1) is 0 Å². The molecule has 0 spiro atoms. The van der Waals surface area contributed by atoms with E-state index in [-0.39, 0.29) is 0 Å². The first-order chi connectivity index (χ1) is 10.3. The van der Waals surface area contributed by atoms with E-state index in [9.17, 15) is 4.21 Å². The summed E-state index contributed by atoms with van der Waals surface area (Å²) < 4.78 is 15.1. The van der Waals surface area contributed by atoms with Gasteiger partial charge in [0.1, 0.15) is 0 Å². The summed E-state index contributed by atoms with van der Waals surface area (Å²) in [7, 11) is -1.31. The van der Waals surface area contributed by atoms with Crippen molar-refractivity contribution in [3.05, 3.63) is 48.4 Å². The molecule has 2 N–H and O–H groups in total. The molecule has 1 fully saturated rings. The van der Waals surface area contributed by atoms with Crippen LogP contribution in [0.25, 0.3) is 0 Å². The average molecular weight is 302 g/mol. The van der Waals surface area contributed by atoms with E-state index in [1.54, 1.807) is 6.20 Å². The number of hydrogen-bond donors (Lipinski definition) is 2. The van der Waals surface area contributed by atoms with E-state index >= 15 is 0 Å². The van der Waals surface area contributed by atoms with Crippen molar-refractivity contribution in [1.29, 1.82) is 0 Å². The molecule has 0 radical (unpaired) electrons. The second-order valence-corrected chi connectivity index (χ2v) is 6.25. The van der Waals surface area contributed by atoms with Crippen LogP contribution in [0.15, 0.2) is 47.6 Å². The number of aromatic nitrogens is 2. The van der Waals surface area contributed by atoms with Gasteiger partial charge in [0, 0.05) is 12.1 Å². The number of rotatable bonds is 4. The van der Waals surface area contributed by atoms with E-state index in [4.69, 9.17) is 0 Å². The van der Waals surface area contributed by atoms with Crippen LogP contribution in [-0.4, -0.2) is 27.3 Å². The smallest absolute Gasteiger partial charge is 0.156 e. The Labute approximate surface area is 126 Å².